The van der Waals surface area contributed by atoms with Crippen molar-refractivity contribution in [3.05, 3.63) is 29.1 Å². The van der Waals surface area contributed by atoms with Crippen LogP contribution in [0.25, 0.3) is 0 Å². The molecule has 2 rings (SSSR count). The monoisotopic (exact) mass is 283 g/mol. The van der Waals surface area contributed by atoms with Crippen molar-refractivity contribution in [3.8, 4) is 5.75 Å². The molecule has 0 bridgehead atoms. The van der Waals surface area contributed by atoms with Crippen LogP contribution in [0.3, 0.4) is 0 Å². The summed E-state index contributed by atoms with van der Waals surface area (Å²) in [5.74, 6) is 1.33. The molecule has 0 spiro atoms. The number of thioether (sulfide) groups is 1. The summed E-state index contributed by atoms with van der Waals surface area (Å²) < 4.78 is 13.5. The molecule has 0 radical (unpaired) electrons. The molecular formula is C14H18FNO2S. The Hall–Kier alpha value is -1.07. The van der Waals surface area contributed by atoms with Crippen LogP contribution in [0.1, 0.15) is 29.3 Å². The van der Waals surface area contributed by atoms with Gasteiger partial charge in [-0.25, -0.2) is 4.39 Å². The third-order valence-electron chi connectivity index (χ3n) is 3.24. The largest absolute Gasteiger partial charge is 0.507 e. The van der Waals surface area contributed by atoms with Crippen molar-refractivity contribution >= 4 is 17.5 Å². The van der Waals surface area contributed by atoms with Crippen LogP contribution >= 0.6 is 11.8 Å². The van der Waals surface area contributed by atoms with E-state index in [4.69, 9.17) is 0 Å². The van der Waals surface area contributed by atoms with E-state index in [2.05, 4.69) is 4.90 Å². The molecule has 0 aromatic heterocycles. The van der Waals surface area contributed by atoms with Gasteiger partial charge in [-0.2, -0.15) is 11.8 Å². The second-order valence-corrected chi connectivity index (χ2v) is 5.98. The molecule has 1 aromatic rings. The molecule has 1 fully saturated rings. The lowest BCUT2D eigenvalue weighted by Crippen LogP contribution is -2.25. The van der Waals surface area contributed by atoms with Gasteiger partial charge >= 0.3 is 0 Å². The minimum absolute atomic E-state index is 0.0687. The van der Waals surface area contributed by atoms with Crippen LogP contribution in [-0.2, 0) is 6.54 Å². The summed E-state index contributed by atoms with van der Waals surface area (Å²) in [7, 11) is 0. The molecule has 3 nitrogen and oxygen atoms in total. The van der Waals surface area contributed by atoms with Gasteiger partial charge < -0.3 is 5.11 Å². The molecule has 0 amide bonds. The Bertz CT molecular complexity index is 471. The summed E-state index contributed by atoms with van der Waals surface area (Å²) >= 11 is 1.91. The highest BCUT2D eigenvalue weighted by molar-refractivity contribution is 7.99. The second kappa shape index (κ2) is 6.39. The van der Waals surface area contributed by atoms with Crippen molar-refractivity contribution in [3.63, 3.8) is 0 Å². The minimum Gasteiger partial charge on any atom is -0.507 e. The average molecular weight is 283 g/mol. The smallest absolute Gasteiger partial charge is 0.163 e. The first-order valence-corrected chi connectivity index (χ1v) is 7.56. The maximum Gasteiger partial charge on any atom is 0.163 e. The van der Waals surface area contributed by atoms with E-state index in [1.54, 1.807) is 0 Å². The standard InChI is InChI=1S/C14H18FNO2S/c1-10(17)13-8-12(15)7-11(14(13)18)9-16-3-2-5-19-6-4-16/h7-8,18H,2-6,9H2,1H3. The fraction of sp³-hybridized carbons (Fsp3) is 0.500. The number of carbonyl (C=O) groups excluding carboxylic acids is 1. The van der Waals surface area contributed by atoms with Crippen LogP contribution in [-0.4, -0.2) is 40.4 Å². The zero-order valence-corrected chi connectivity index (χ0v) is 11.8. The van der Waals surface area contributed by atoms with E-state index in [1.165, 1.54) is 13.0 Å². The molecular weight excluding hydrogens is 265 g/mol. The number of rotatable bonds is 3. The van der Waals surface area contributed by atoms with E-state index in [0.29, 0.717) is 12.1 Å². The molecule has 0 saturated carbocycles. The van der Waals surface area contributed by atoms with Gasteiger partial charge in [0.05, 0.1) is 5.56 Å². The Kier molecular flexibility index (Phi) is 4.82. The number of hydrogen-bond donors (Lipinski definition) is 1. The summed E-state index contributed by atoms with van der Waals surface area (Å²) in [5.41, 5.74) is 0.566. The number of benzene rings is 1. The third kappa shape index (κ3) is 3.70. The van der Waals surface area contributed by atoms with Crippen molar-refractivity contribution < 1.29 is 14.3 Å². The third-order valence-corrected chi connectivity index (χ3v) is 4.29. The van der Waals surface area contributed by atoms with E-state index < -0.39 is 5.82 Å². The number of nitrogens with zero attached hydrogens (tertiary/aromatic N) is 1. The summed E-state index contributed by atoms with van der Waals surface area (Å²) in [5, 5.41) is 10.1. The lowest BCUT2D eigenvalue weighted by atomic mass is 10.0. The molecule has 1 heterocycles. The summed E-state index contributed by atoms with van der Waals surface area (Å²) in [4.78, 5) is 13.6. The van der Waals surface area contributed by atoms with Crippen molar-refractivity contribution in [1.29, 1.82) is 0 Å². The van der Waals surface area contributed by atoms with Crippen LogP contribution in [0, 0.1) is 5.82 Å². The Morgan fingerprint density at radius 2 is 2.21 bits per heavy atom. The first kappa shape index (κ1) is 14.3. The summed E-state index contributed by atoms with van der Waals surface area (Å²) in [6, 6.07) is 2.42. The highest BCUT2D eigenvalue weighted by Gasteiger charge is 2.17. The zero-order valence-electron chi connectivity index (χ0n) is 11.0. The predicted octanol–water partition coefficient (Wildman–Crippen LogP) is 2.67. The summed E-state index contributed by atoms with van der Waals surface area (Å²) in [6.45, 7) is 3.69. The van der Waals surface area contributed by atoms with Gasteiger partial charge in [-0.3, -0.25) is 9.69 Å². The zero-order chi connectivity index (χ0) is 13.8. The first-order chi connectivity index (χ1) is 9.08. The van der Waals surface area contributed by atoms with E-state index in [1.807, 2.05) is 11.8 Å². The van der Waals surface area contributed by atoms with Crippen LogP contribution < -0.4 is 0 Å². The Labute approximate surface area is 116 Å². The average Bonchev–Trinajstić information content (AvgIpc) is 2.61. The van der Waals surface area contributed by atoms with E-state index in [-0.39, 0.29) is 17.1 Å². The summed E-state index contributed by atoms with van der Waals surface area (Å²) in [6.07, 6.45) is 1.10. The van der Waals surface area contributed by atoms with Gasteiger partial charge in [-0.1, -0.05) is 0 Å². The first-order valence-electron chi connectivity index (χ1n) is 6.40. The number of Topliss-reactive ketones (excluding diaryl/α,β-unsaturated/α-hetero) is 1. The molecule has 104 valence electrons. The van der Waals surface area contributed by atoms with E-state index >= 15 is 0 Å². The highest BCUT2D eigenvalue weighted by Crippen LogP contribution is 2.26. The number of aromatic hydroxyl groups is 1. The van der Waals surface area contributed by atoms with Crippen LogP contribution in [0.15, 0.2) is 12.1 Å². The molecule has 1 aromatic carbocycles. The van der Waals surface area contributed by atoms with Crippen LogP contribution in [0.4, 0.5) is 4.39 Å². The van der Waals surface area contributed by atoms with Gasteiger partial charge in [0.15, 0.2) is 5.78 Å². The van der Waals surface area contributed by atoms with Gasteiger partial charge in [-0.15, -0.1) is 0 Å². The lowest BCUT2D eigenvalue weighted by Gasteiger charge is -2.20. The number of carbonyl (C=O) groups is 1. The van der Waals surface area contributed by atoms with E-state index in [9.17, 15) is 14.3 Å². The number of halogens is 1. The lowest BCUT2D eigenvalue weighted by molar-refractivity contribution is 0.101. The van der Waals surface area contributed by atoms with Crippen molar-refractivity contribution in [2.75, 3.05) is 24.6 Å². The van der Waals surface area contributed by atoms with Crippen molar-refractivity contribution in [2.45, 2.75) is 19.9 Å². The maximum absolute atomic E-state index is 13.5. The van der Waals surface area contributed by atoms with Gasteiger partial charge in [0.2, 0.25) is 0 Å². The number of hydrogen-bond acceptors (Lipinski definition) is 4. The number of phenols is 1. The second-order valence-electron chi connectivity index (χ2n) is 4.76. The quantitative estimate of drug-likeness (QED) is 0.866. The molecule has 1 aliphatic heterocycles. The highest BCUT2D eigenvalue weighted by atomic mass is 32.2. The molecule has 0 aliphatic carbocycles. The Morgan fingerprint density at radius 3 is 2.95 bits per heavy atom. The molecule has 1 saturated heterocycles. The minimum atomic E-state index is -0.470. The van der Waals surface area contributed by atoms with Gasteiger partial charge in [-0.05, 0) is 37.8 Å². The number of ketones is 1. The van der Waals surface area contributed by atoms with Crippen molar-refractivity contribution in [1.82, 2.24) is 4.90 Å². The van der Waals surface area contributed by atoms with E-state index in [0.717, 1.165) is 37.1 Å². The maximum atomic E-state index is 13.5. The Morgan fingerprint density at radius 1 is 1.42 bits per heavy atom. The molecule has 5 heteroatoms. The fourth-order valence-electron chi connectivity index (χ4n) is 2.24. The molecule has 0 unspecified atom stereocenters. The van der Waals surface area contributed by atoms with Gasteiger partial charge in [0, 0.05) is 24.4 Å². The fourth-order valence-corrected chi connectivity index (χ4v) is 3.17. The molecule has 1 N–H and O–H groups in total. The topological polar surface area (TPSA) is 40.5 Å². The molecule has 19 heavy (non-hydrogen) atoms. The SMILES string of the molecule is CC(=O)c1cc(F)cc(CN2CCCSCC2)c1O. The number of phenolic OH excluding ortho intramolecular Hbond substituents is 1. The predicted molar refractivity (Wildman–Crippen MR) is 75.3 cm³/mol. The Balaban J connectivity index is 2.21. The molecule has 0 atom stereocenters. The normalized spacial score (nSPS) is 17.2. The van der Waals surface area contributed by atoms with Gasteiger partial charge in [0.25, 0.3) is 0 Å². The van der Waals surface area contributed by atoms with Crippen molar-refractivity contribution in [2.24, 2.45) is 0 Å². The van der Waals surface area contributed by atoms with Crippen LogP contribution in [0.2, 0.25) is 0 Å². The van der Waals surface area contributed by atoms with Crippen LogP contribution in [0.5, 0.6) is 5.75 Å². The molecule has 1 aliphatic rings. The van der Waals surface area contributed by atoms with Gasteiger partial charge in [0.1, 0.15) is 11.6 Å².